The molecule has 0 atom stereocenters. The first-order chi connectivity index (χ1) is 13.1. The van der Waals surface area contributed by atoms with Gasteiger partial charge in [-0.2, -0.15) is 4.80 Å². The van der Waals surface area contributed by atoms with Crippen LogP contribution in [0.15, 0.2) is 54.6 Å². The Morgan fingerprint density at radius 3 is 2.56 bits per heavy atom. The number of benzene rings is 2. The summed E-state index contributed by atoms with van der Waals surface area (Å²) in [5.74, 6) is 0.101. The molecule has 0 unspecified atom stereocenters. The smallest absolute Gasteiger partial charge is 0.321 e. The van der Waals surface area contributed by atoms with E-state index in [1.165, 1.54) is 4.80 Å². The predicted octanol–water partition coefficient (Wildman–Crippen LogP) is 2.06. The molecule has 0 radical (unpaired) electrons. The summed E-state index contributed by atoms with van der Waals surface area (Å²) in [5.41, 5.74) is 2.90. The van der Waals surface area contributed by atoms with E-state index in [1.54, 1.807) is 0 Å². The zero-order valence-corrected chi connectivity index (χ0v) is 14.9. The Labute approximate surface area is 156 Å². The summed E-state index contributed by atoms with van der Waals surface area (Å²) in [6.45, 7) is 2.55. The Morgan fingerprint density at radius 2 is 1.78 bits per heavy atom. The number of rotatable bonds is 6. The lowest BCUT2D eigenvalue weighted by Gasteiger charge is -2.06. The van der Waals surface area contributed by atoms with Gasteiger partial charge in [0.15, 0.2) is 0 Å². The van der Waals surface area contributed by atoms with Crippen molar-refractivity contribution in [3.8, 4) is 11.4 Å². The Bertz CT molecular complexity index is 923. The molecular formula is C19H20N6O2. The molecule has 8 heteroatoms. The van der Waals surface area contributed by atoms with Crippen molar-refractivity contribution >= 4 is 11.9 Å². The van der Waals surface area contributed by atoms with Crippen molar-refractivity contribution < 1.29 is 9.59 Å². The van der Waals surface area contributed by atoms with Gasteiger partial charge >= 0.3 is 6.03 Å². The van der Waals surface area contributed by atoms with E-state index in [2.05, 4.69) is 26.0 Å². The second-order valence-electron chi connectivity index (χ2n) is 5.99. The lowest BCUT2D eigenvalue weighted by atomic mass is 10.1. The summed E-state index contributed by atoms with van der Waals surface area (Å²) in [5, 5.41) is 17.2. The molecule has 138 valence electrons. The molecule has 0 saturated heterocycles. The van der Waals surface area contributed by atoms with Crippen molar-refractivity contribution in [2.45, 2.75) is 26.4 Å². The monoisotopic (exact) mass is 364 g/mol. The highest BCUT2D eigenvalue weighted by atomic mass is 16.2. The third kappa shape index (κ3) is 5.21. The van der Waals surface area contributed by atoms with Crippen molar-refractivity contribution in [2.24, 2.45) is 0 Å². The third-order valence-electron chi connectivity index (χ3n) is 3.93. The number of nitrogens with one attached hydrogen (secondary N) is 2. The molecule has 3 amide bonds. The van der Waals surface area contributed by atoms with Crippen LogP contribution in [0.4, 0.5) is 4.79 Å². The number of urea groups is 1. The van der Waals surface area contributed by atoms with Gasteiger partial charge in [0.25, 0.3) is 0 Å². The molecule has 2 N–H and O–H groups in total. The van der Waals surface area contributed by atoms with Gasteiger partial charge in [0, 0.05) is 18.5 Å². The molecule has 0 aliphatic carbocycles. The molecule has 3 aromatic rings. The quantitative estimate of drug-likeness (QED) is 0.697. The number of hydrogen-bond donors (Lipinski definition) is 2. The molecule has 8 nitrogen and oxygen atoms in total. The first kappa shape index (κ1) is 18.2. The highest BCUT2D eigenvalue weighted by molar-refractivity contribution is 5.94. The predicted molar refractivity (Wildman–Crippen MR) is 99.4 cm³/mol. The first-order valence-electron chi connectivity index (χ1n) is 8.57. The first-order valence-corrected chi connectivity index (χ1v) is 8.57. The van der Waals surface area contributed by atoms with Gasteiger partial charge in [-0.15, -0.1) is 10.2 Å². The van der Waals surface area contributed by atoms with E-state index in [1.807, 2.05) is 61.5 Å². The van der Waals surface area contributed by atoms with Crippen LogP contribution < -0.4 is 10.6 Å². The number of hydrogen-bond acceptors (Lipinski definition) is 5. The zero-order chi connectivity index (χ0) is 19.1. The third-order valence-corrected chi connectivity index (χ3v) is 3.93. The maximum Gasteiger partial charge on any atom is 0.321 e. The summed E-state index contributed by atoms with van der Waals surface area (Å²) in [7, 11) is 0. The van der Waals surface area contributed by atoms with Crippen LogP contribution in [0, 0.1) is 6.92 Å². The largest absolute Gasteiger partial charge is 0.334 e. The van der Waals surface area contributed by atoms with Crippen molar-refractivity contribution in [1.29, 1.82) is 0 Å². The second-order valence-corrected chi connectivity index (χ2v) is 5.99. The number of imide groups is 1. The maximum atomic E-state index is 11.9. The molecule has 1 aromatic heterocycles. The average Bonchev–Trinajstić information content (AvgIpc) is 3.15. The molecular weight excluding hydrogens is 344 g/mol. The second kappa shape index (κ2) is 8.70. The SMILES string of the molecule is Cc1ccccc1-c1nnn(CCC(=O)NC(=O)NCc2ccccc2)n1. The molecule has 2 aromatic carbocycles. The minimum absolute atomic E-state index is 0.0718. The van der Waals surface area contributed by atoms with Crippen LogP contribution in [0.3, 0.4) is 0 Å². The van der Waals surface area contributed by atoms with Gasteiger partial charge in [-0.25, -0.2) is 4.79 Å². The van der Waals surface area contributed by atoms with E-state index in [4.69, 9.17) is 0 Å². The van der Waals surface area contributed by atoms with Gasteiger partial charge in [0.05, 0.1) is 6.54 Å². The highest BCUT2D eigenvalue weighted by Gasteiger charge is 2.11. The fourth-order valence-corrected chi connectivity index (χ4v) is 2.48. The van der Waals surface area contributed by atoms with Crippen LogP contribution in [-0.2, 0) is 17.9 Å². The van der Waals surface area contributed by atoms with Crippen LogP contribution in [0.2, 0.25) is 0 Å². The number of carbonyl (C=O) groups excluding carboxylic acids is 2. The van der Waals surface area contributed by atoms with Crippen molar-refractivity contribution in [1.82, 2.24) is 30.8 Å². The molecule has 0 spiro atoms. The topological polar surface area (TPSA) is 102 Å². The van der Waals surface area contributed by atoms with E-state index >= 15 is 0 Å². The molecule has 0 aliphatic heterocycles. The number of tetrazole rings is 1. The molecule has 0 fully saturated rings. The summed E-state index contributed by atoms with van der Waals surface area (Å²) < 4.78 is 0. The number of aryl methyl sites for hydroxylation is 2. The van der Waals surface area contributed by atoms with Crippen molar-refractivity contribution in [3.63, 3.8) is 0 Å². The summed E-state index contributed by atoms with van der Waals surface area (Å²) in [6, 6.07) is 16.7. The van der Waals surface area contributed by atoms with Gasteiger partial charge in [-0.3, -0.25) is 10.1 Å². The minimum atomic E-state index is -0.531. The highest BCUT2D eigenvalue weighted by Crippen LogP contribution is 2.17. The number of nitrogens with zero attached hydrogens (tertiary/aromatic N) is 4. The maximum absolute atomic E-state index is 11.9. The Hall–Kier alpha value is -3.55. The van der Waals surface area contributed by atoms with Gasteiger partial charge < -0.3 is 5.32 Å². The van der Waals surface area contributed by atoms with E-state index in [9.17, 15) is 9.59 Å². The van der Waals surface area contributed by atoms with E-state index in [-0.39, 0.29) is 13.0 Å². The molecule has 0 bridgehead atoms. The fraction of sp³-hybridized carbons (Fsp3) is 0.211. The Morgan fingerprint density at radius 1 is 1.04 bits per heavy atom. The lowest BCUT2D eigenvalue weighted by molar-refractivity contribution is -0.120. The molecule has 27 heavy (non-hydrogen) atoms. The van der Waals surface area contributed by atoms with Crippen molar-refractivity contribution in [2.75, 3.05) is 0 Å². The Balaban J connectivity index is 1.45. The van der Waals surface area contributed by atoms with Gasteiger partial charge in [0.1, 0.15) is 0 Å². The Kier molecular flexibility index (Phi) is 5.88. The van der Waals surface area contributed by atoms with E-state index < -0.39 is 11.9 Å². The standard InChI is InChI=1S/C19H20N6O2/c1-14-7-5-6-10-16(14)18-22-24-25(23-18)12-11-17(26)21-19(27)20-13-15-8-3-2-4-9-15/h2-10H,11-13H2,1H3,(H2,20,21,26,27). The molecule has 3 rings (SSSR count). The molecule has 0 saturated carbocycles. The van der Waals surface area contributed by atoms with Gasteiger partial charge in [0.2, 0.25) is 11.7 Å². The summed E-state index contributed by atoms with van der Waals surface area (Å²) in [4.78, 5) is 25.0. The zero-order valence-electron chi connectivity index (χ0n) is 14.9. The van der Waals surface area contributed by atoms with Crippen LogP contribution in [0.5, 0.6) is 0 Å². The minimum Gasteiger partial charge on any atom is -0.334 e. The summed E-state index contributed by atoms with van der Waals surface area (Å²) in [6.07, 6.45) is 0.0718. The van der Waals surface area contributed by atoms with Crippen LogP contribution in [0.25, 0.3) is 11.4 Å². The van der Waals surface area contributed by atoms with Crippen LogP contribution >= 0.6 is 0 Å². The van der Waals surface area contributed by atoms with Crippen LogP contribution in [-0.4, -0.2) is 32.1 Å². The molecule has 1 heterocycles. The van der Waals surface area contributed by atoms with Gasteiger partial charge in [-0.1, -0.05) is 54.6 Å². The van der Waals surface area contributed by atoms with E-state index in [0.717, 1.165) is 16.7 Å². The van der Waals surface area contributed by atoms with Crippen molar-refractivity contribution in [3.05, 3.63) is 65.7 Å². The number of aromatic nitrogens is 4. The molecule has 0 aliphatic rings. The lowest BCUT2D eigenvalue weighted by Crippen LogP contribution is -2.39. The normalized spacial score (nSPS) is 10.4. The average molecular weight is 364 g/mol. The summed E-state index contributed by atoms with van der Waals surface area (Å²) >= 11 is 0. The van der Waals surface area contributed by atoms with Crippen LogP contribution in [0.1, 0.15) is 17.5 Å². The van der Waals surface area contributed by atoms with Gasteiger partial charge in [-0.05, 0) is 23.3 Å². The number of carbonyl (C=O) groups is 2. The number of amides is 3. The van der Waals surface area contributed by atoms with E-state index in [0.29, 0.717) is 12.4 Å². The fourth-order valence-electron chi connectivity index (χ4n) is 2.48.